The van der Waals surface area contributed by atoms with Gasteiger partial charge in [-0.2, -0.15) is 0 Å². The van der Waals surface area contributed by atoms with Crippen LogP contribution in [0.1, 0.15) is 6.42 Å². The third kappa shape index (κ3) is 2.49. The zero-order chi connectivity index (χ0) is 13.1. The Balaban J connectivity index is 2.14. The topological polar surface area (TPSA) is 108 Å². The van der Waals surface area contributed by atoms with Crippen molar-refractivity contribution in [3.05, 3.63) is 30.5 Å². The minimum atomic E-state index is -1.10. The summed E-state index contributed by atoms with van der Waals surface area (Å²) in [4.78, 5) is 25.1. The van der Waals surface area contributed by atoms with E-state index >= 15 is 0 Å². The van der Waals surface area contributed by atoms with Crippen LogP contribution in [0.4, 0.5) is 5.69 Å². The number of amides is 1. The van der Waals surface area contributed by atoms with E-state index in [0.717, 1.165) is 10.9 Å². The minimum Gasteiger partial charge on any atom is -0.481 e. The number of benzene rings is 1. The first kappa shape index (κ1) is 12.1. The number of carbonyl (C=O) groups excluding carboxylic acids is 1. The first-order valence-electron chi connectivity index (χ1n) is 5.42. The van der Waals surface area contributed by atoms with E-state index in [1.807, 2.05) is 24.3 Å². The van der Waals surface area contributed by atoms with Gasteiger partial charge in [-0.3, -0.25) is 9.59 Å². The van der Waals surface area contributed by atoms with Crippen molar-refractivity contribution in [1.29, 1.82) is 0 Å². The summed E-state index contributed by atoms with van der Waals surface area (Å²) < 4.78 is 0. The molecule has 0 bridgehead atoms. The van der Waals surface area contributed by atoms with Crippen LogP contribution in [0, 0.1) is 0 Å². The van der Waals surface area contributed by atoms with Crippen molar-refractivity contribution in [3.8, 4) is 0 Å². The van der Waals surface area contributed by atoms with Crippen molar-refractivity contribution in [2.75, 3.05) is 5.32 Å². The van der Waals surface area contributed by atoms with E-state index in [0.29, 0.717) is 5.69 Å². The van der Waals surface area contributed by atoms with E-state index < -0.39 is 24.3 Å². The highest BCUT2D eigenvalue weighted by molar-refractivity contribution is 6.04. The number of para-hydroxylation sites is 1. The minimum absolute atomic E-state index is 0.395. The molecular formula is C12H13N3O3. The molecule has 1 atom stereocenters. The summed E-state index contributed by atoms with van der Waals surface area (Å²) in [5, 5.41) is 12.0. The predicted molar refractivity (Wildman–Crippen MR) is 67.2 cm³/mol. The maximum atomic E-state index is 11.7. The molecule has 0 aliphatic rings. The Kier molecular flexibility index (Phi) is 3.29. The molecule has 0 radical (unpaired) electrons. The molecule has 0 fully saturated rings. The lowest BCUT2D eigenvalue weighted by atomic mass is 10.2. The fourth-order valence-corrected chi connectivity index (χ4v) is 1.68. The van der Waals surface area contributed by atoms with E-state index in [1.165, 1.54) is 0 Å². The van der Waals surface area contributed by atoms with Crippen LogP contribution < -0.4 is 11.1 Å². The van der Waals surface area contributed by atoms with Crippen LogP contribution in [0.25, 0.3) is 10.9 Å². The summed E-state index contributed by atoms with van der Waals surface area (Å²) in [5.74, 6) is -1.61. The summed E-state index contributed by atoms with van der Waals surface area (Å²) in [6.07, 6.45) is 1.25. The summed E-state index contributed by atoms with van der Waals surface area (Å²) in [7, 11) is 0. The van der Waals surface area contributed by atoms with Gasteiger partial charge in [-0.1, -0.05) is 18.2 Å². The normalized spacial score (nSPS) is 12.3. The number of nitrogens with two attached hydrogens (primary N) is 1. The van der Waals surface area contributed by atoms with Crippen LogP contribution in [0.5, 0.6) is 0 Å². The first-order valence-corrected chi connectivity index (χ1v) is 5.42. The Hall–Kier alpha value is -2.34. The SMILES string of the molecule is NC(CC(=O)O)C(=O)Nc1c[nH]c2ccccc12. The molecule has 0 aliphatic heterocycles. The fourth-order valence-electron chi connectivity index (χ4n) is 1.68. The number of aromatic amines is 1. The van der Waals surface area contributed by atoms with Crippen molar-refractivity contribution < 1.29 is 14.7 Å². The smallest absolute Gasteiger partial charge is 0.305 e. The monoisotopic (exact) mass is 247 g/mol. The lowest BCUT2D eigenvalue weighted by Gasteiger charge is -2.09. The lowest BCUT2D eigenvalue weighted by Crippen LogP contribution is -2.37. The fraction of sp³-hybridized carbons (Fsp3) is 0.167. The molecule has 0 spiro atoms. The van der Waals surface area contributed by atoms with Gasteiger partial charge in [0.1, 0.15) is 0 Å². The van der Waals surface area contributed by atoms with Crippen LogP contribution in [0.15, 0.2) is 30.5 Å². The highest BCUT2D eigenvalue weighted by atomic mass is 16.4. The quantitative estimate of drug-likeness (QED) is 0.643. The van der Waals surface area contributed by atoms with Crippen molar-refractivity contribution in [3.63, 3.8) is 0 Å². The molecule has 6 heteroatoms. The van der Waals surface area contributed by atoms with Gasteiger partial charge >= 0.3 is 5.97 Å². The Labute approximate surface area is 103 Å². The van der Waals surface area contributed by atoms with Gasteiger partial charge in [-0.05, 0) is 6.07 Å². The molecule has 6 nitrogen and oxygen atoms in total. The van der Waals surface area contributed by atoms with Gasteiger partial charge in [0.15, 0.2) is 0 Å². The number of H-pyrrole nitrogens is 1. The molecule has 18 heavy (non-hydrogen) atoms. The van der Waals surface area contributed by atoms with Crippen molar-refractivity contribution in [1.82, 2.24) is 4.98 Å². The van der Waals surface area contributed by atoms with Gasteiger partial charge in [0, 0.05) is 17.1 Å². The maximum absolute atomic E-state index is 11.7. The molecular weight excluding hydrogens is 234 g/mol. The predicted octanol–water partition coefficient (Wildman–Crippen LogP) is 0.908. The van der Waals surface area contributed by atoms with Crippen LogP contribution >= 0.6 is 0 Å². The third-order valence-corrected chi connectivity index (χ3v) is 2.58. The zero-order valence-corrected chi connectivity index (χ0v) is 9.51. The van der Waals surface area contributed by atoms with Crippen molar-refractivity contribution in [2.24, 2.45) is 5.73 Å². The lowest BCUT2D eigenvalue weighted by molar-refractivity contribution is -0.138. The largest absolute Gasteiger partial charge is 0.481 e. The molecule has 1 aromatic heterocycles. The first-order chi connectivity index (χ1) is 8.58. The highest BCUT2D eigenvalue weighted by Gasteiger charge is 2.18. The van der Waals surface area contributed by atoms with Crippen molar-refractivity contribution >= 4 is 28.5 Å². The summed E-state index contributed by atoms with van der Waals surface area (Å²) in [5.41, 5.74) is 6.96. The molecule has 2 aromatic rings. The second kappa shape index (κ2) is 4.89. The molecule has 5 N–H and O–H groups in total. The number of fused-ring (bicyclic) bond motifs is 1. The van der Waals surface area contributed by atoms with Gasteiger partial charge in [0.2, 0.25) is 5.91 Å². The molecule has 0 saturated heterocycles. The maximum Gasteiger partial charge on any atom is 0.305 e. The molecule has 1 amide bonds. The number of hydrogen-bond donors (Lipinski definition) is 4. The van der Waals surface area contributed by atoms with Crippen LogP contribution in [-0.2, 0) is 9.59 Å². The number of anilines is 1. The second-order valence-corrected chi connectivity index (χ2v) is 3.94. The van der Waals surface area contributed by atoms with Gasteiger partial charge in [0.05, 0.1) is 18.2 Å². The molecule has 1 heterocycles. The average molecular weight is 247 g/mol. The Morgan fingerprint density at radius 2 is 2.11 bits per heavy atom. The van der Waals surface area contributed by atoms with Gasteiger partial charge in [-0.25, -0.2) is 0 Å². The van der Waals surface area contributed by atoms with E-state index in [-0.39, 0.29) is 0 Å². The Morgan fingerprint density at radius 3 is 2.83 bits per heavy atom. The number of aliphatic carboxylic acids is 1. The van der Waals surface area contributed by atoms with Crippen LogP contribution in [0.3, 0.4) is 0 Å². The summed E-state index contributed by atoms with van der Waals surface area (Å²) in [6.45, 7) is 0. The van der Waals surface area contributed by atoms with E-state index in [1.54, 1.807) is 6.20 Å². The van der Waals surface area contributed by atoms with E-state index in [2.05, 4.69) is 10.3 Å². The van der Waals surface area contributed by atoms with E-state index in [4.69, 9.17) is 10.8 Å². The highest BCUT2D eigenvalue weighted by Crippen LogP contribution is 2.22. The number of aromatic nitrogens is 1. The molecule has 2 rings (SSSR count). The average Bonchev–Trinajstić information content (AvgIpc) is 2.72. The molecule has 1 aromatic carbocycles. The standard InChI is InChI=1S/C12H13N3O3/c13-8(5-11(16)17)12(18)15-10-6-14-9-4-2-1-3-7(9)10/h1-4,6,8,14H,5,13H2,(H,15,18)(H,16,17). The van der Waals surface area contributed by atoms with Crippen LogP contribution in [-0.4, -0.2) is 28.0 Å². The molecule has 94 valence electrons. The number of nitrogens with one attached hydrogen (secondary N) is 2. The number of hydrogen-bond acceptors (Lipinski definition) is 3. The second-order valence-electron chi connectivity index (χ2n) is 3.94. The number of carbonyl (C=O) groups is 2. The summed E-state index contributed by atoms with van der Waals surface area (Å²) in [6, 6.07) is 6.40. The molecule has 0 saturated carbocycles. The zero-order valence-electron chi connectivity index (χ0n) is 9.51. The van der Waals surface area contributed by atoms with Crippen LogP contribution in [0.2, 0.25) is 0 Å². The molecule has 0 aliphatic carbocycles. The Bertz CT molecular complexity index is 591. The van der Waals surface area contributed by atoms with Gasteiger partial charge in [-0.15, -0.1) is 0 Å². The number of carboxylic acid groups (broad SMARTS) is 1. The number of carboxylic acids is 1. The summed E-state index contributed by atoms with van der Waals surface area (Å²) >= 11 is 0. The van der Waals surface area contributed by atoms with Crippen molar-refractivity contribution in [2.45, 2.75) is 12.5 Å². The van der Waals surface area contributed by atoms with Gasteiger partial charge in [0.25, 0.3) is 0 Å². The third-order valence-electron chi connectivity index (χ3n) is 2.58. The number of rotatable bonds is 4. The van der Waals surface area contributed by atoms with E-state index in [9.17, 15) is 9.59 Å². The Morgan fingerprint density at radius 1 is 1.39 bits per heavy atom. The molecule has 1 unspecified atom stereocenters. The van der Waals surface area contributed by atoms with Gasteiger partial charge < -0.3 is 21.1 Å².